The van der Waals surface area contributed by atoms with Gasteiger partial charge < -0.3 is 4.90 Å². The van der Waals surface area contributed by atoms with E-state index in [1.54, 1.807) is 0 Å². The van der Waals surface area contributed by atoms with E-state index in [1.807, 2.05) is 0 Å². The molecule has 0 aromatic heterocycles. The molecule has 1 heteroatoms. The van der Waals surface area contributed by atoms with Crippen LogP contribution in [0.3, 0.4) is 0 Å². The molecule has 3 aromatic carbocycles. The minimum Gasteiger partial charge on any atom is -0.367 e. The van der Waals surface area contributed by atoms with Gasteiger partial charge in [0, 0.05) is 18.1 Å². The van der Waals surface area contributed by atoms with E-state index in [2.05, 4.69) is 68.3 Å². The highest BCUT2D eigenvalue weighted by atomic mass is 15.2. The van der Waals surface area contributed by atoms with E-state index in [0.717, 1.165) is 0 Å². The van der Waals surface area contributed by atoms with Crippen LogP contribution in [0.25, 0.3) is 21.5 Å². The lowest BCUT2D eigenvalue weighted by Crippen LogP contribution is -2.18. The summed E-state index contributed by atoms with van der Waals surface area (Å²) in [6.45, 7) is 4.52. The maximum Gasteiger partial charge on any atom is 0.0546 e. The van der Waals surface area contributed by atoms with Crippen molar-refractivity contribution in [1.29, 1.82) is 0 Å². The number of anilines is 1. The number of hydrogen-bond acceptors (Lipinski definition) is 1. The molecule has 1 nitrogen and oxygen atoms in total. The normalized spacial score (nSPS) is 17.1. The molecule has 1 atom stereocenters. The summed E-state index contributed by atoms with van der Waals surface area (Å²) in [5.41, 5.74) is 4.30. The van der Waals surface area contributed by atoms with Gasteiger partial charge in [-0.05, 0) is 46.7 Å². The lowest BCUT2D eigenvalue weighted by Gasteiger charge is -2.23. The maximum absolute atomic E-state index is 2.48. The smallest absolute Gasteiger partial charge is 0.0546 e. The van der Waals surface area contributed by atoms with Crippen LogP contribution in [0.15, 0.2) is 42.5 Å². The van der Waals surface area contributed by atoms with Crippen molar-refractivity contribution in [1.82, 2.24) is 0 Å². The van der Waals surface area contributed by atoms with Gasteiger partial charge in [0.1, 0.15) is 0 Å². The van der Waals surface area contributed by atoms with Crippen LogP contribution in [0.1, 0.15) is 36.9 Å². The second-order valence-electron chi connectivity index (χ2n) is 6.25. The predicted molar refractivity (Wildman–Crippen MR) is 92.2 cm³/mol. The summed E-state index contributed by atoms with van der Waals surface area (Å²) in [5, 5.41) is 5.67. The van der Waals surface area contributed by atoms with Gasteiger partial charge in [-0.3, -0.25) is 0 Å². The Labute approximate surface area is 126 Å². The van der Waals surface area contributed by atoms with Gasteiger partial charge in [-0.2, -0.15) is 0 Å². The Kier molecular flexibility index (Phi) is 2.72. The van der Waals surface area contributed by atoms with E-state index in [9.17, 15) is 0 Å². The average molecular weight is 275 g/mol. The van der Waals surface area contributed by atoms with Crippen molar-refractivity contribution in [3.05, 3.63) is 53.6 Å². The zero-order chi connectivity index (χ0) is 14.6. The first-order valence-corrected chi connectivity index (χ1v) is 7.90. The first-order chi connectivity index (χ1) is 10.2. The van der Waals surface area contributed by atoms with Crippen LogP contribution in [0, 0.1) is 6.92 Å². The molecule has 0 saturated carbocycles. The van der Waals surface area contributed by atoms with Crippen LogP contribution in [-0.4, -0.2) is 7.05 Å². The van der Waals surface area contributed by atoms with E-state index in [-0.39, 0.29) is 0 Å². The Morgan fingerprint density at radius 2 is 1.86 bits per heavy atom. The Morgan fingerprint density at radius 1 is 1.05 bits per heavy atom. The van der Waals surface area contributed by atoms with Gasteiger partial charge in [-0.1, -0.05) is 49.7 Å². The summed E-state index contributed by atoms with van der Waals surface area (Å²) in [5.74, 6) is 0. The third-order valence-electron chi connectivity index (χ3n) is 4.99. The first kappa shape index (κ1) is 12.7. The Hall–Kier alpha value is -2.02. The third kappa shape index (κ3) is 1.64. The molecule has 0 aliphatic carbocycles. The van der Waals surface area contributed by atoms with Crippen molar-refractivity contribution < 1.29 is 0 Å². The molecule has 0 radical (unpaired) electrons. The minimum atomic E-state index is 0.532. The molecule has 0 amide bonds. The van der Waals surface area contributed by atoms with Gasteiger partial charge in [0.15, 0.2) is 0 Å². The number of hydrogen-bond donors (Lipinski definition) is 0. The molecule has 4 rings (SSSR count). The van der Waals surface area contributed by atoms with Crippen LogP contribution in [0.2, 0.25) is 0 Å². The summed E-state index contributed by atoms with van der Waals surface area (Å²) in [7, 11) is 2.25. The summed E-state index contributed by atoms with van der Waals surface area (Å²) < 4.78 is 0. The first-order valence-electron chi connectivity index (χ1n) is 7.90. The van der Waals surface area contributed by atoms with E-state index in [1.165, 1.54) is 51.2 Å². The van der Waals surface area contributed by atoms with Crippen LogP contribution >= 0.6 is 0 Å². The van der Waals surface area contributed by atoms with Crippen LogP contribution in [0.4, 0.5) is 5.69 Å². The van der Waals surface area contributed by atoms with Gasteiger partial charge in [0.05, 0.1) is 6.04 Å². The van der Waals surface area contributed by atoms with Gasteiger partial charge in [-0.25, -0.2) is 0 Å². The molecular formula is C20H21N. The number of fused-ring (bicyclic) bond motifs is 2. The summed E-state index contributed by atoms with van der Waals surface area (Å²) in [6, 6.07) is 16.3. The Balaban J connectivity index is 2.17. The average Bonchev–Trinajstić information content (AvgIpc) is 2.76. The quantitative estimate of drug-likeness (QED) is 0.551. The highest BCUT2D eigenvalue weighted by molar-refractivity contribution is 6.17. The Bertz CT molecular complexity index is 847. The topological polar surface area (TPSA) is 3.24 Å². The van der Waals surface area contributed by atoms with E-state index < -0.39 is 0 Å². The monoisotopic (exact) mass is 275 g/mol. The van der Waals surface area contributed by atoms with Crippen molar-refractivity contribution >= 4 is 27.2 Å². The molecule has 106 valence electrons. The second kappa shape index (κ2) is 4.49. The molecule has 1 unspecified atom stereocenters. The van der Waals surface area contributed by atoms with Gasteiger partial charge in [0.25, 0.3) is 0 Å². The fraction of sp³-hybridized carbons (Fsp3) is 0.300. The lowest BCUT2D eigenvalue weighted by atomic mass is 9.93. The molecule has 1 aliphatic heterocycles. The van der Waals surface area contributed by atoms with Crippen molar-refractivity contribution in [3.8, 4) is 0 Å². The van der Waals surface area contributed by atoms with Crippen molar-refractivity contribution in [2.45, 2.75) is 32.7 Å². The Morgan fingerprint density at radius 3 is 2.67 bits per heavy atom. The summed E-state index contributed by atoms with van der Waals surface area (Å²) in [4.78, 5) is 2.48. The molecule has 1 aliphatic rings. The zero-order valence-electron chi connectivity index (χ0n) is 13.0. The van der Waals surface area contributed by atoms with Crippen LogP contribution in [0.5, 0.6) is 0 Å². The molecule has 0 spiro atoms. The number of rotatable bonds is 2. The molecule has 21 heavy (non-hydrogen) atoms. The molecular weight excluding hydrogens is 254 g/mol. The number of aryl methyl sites for hydroxylation is 1. The van der Waals surface area contributed by atoms with E-state index >= 15 is 0 Å². The molecule has 0 bridgehead atoms. The lowest BCUT2D eigenvalue weighted by molar-refractivity contribution is 0.619. The van der Waals surface area contributed by atoms with Crippen LogP contribution in [-0.2, 0) is 0 Å². The number of nitrogens with zero attached hydrogens (tertiary/aromatic N) is 1. The van der Waals surface area contributed by atoms with Gasteiger partial charge in [-0.15, -0.1) is 0 Å². The van der Waals surface area contributed by atoms with Gasteiger partial charge in [0.2, 0.25) is 0 Å². The van der Waals surface area contributed by atoms with Crippen molar-refractivity contribution in [2.24, 2.45) is 0 Å². The van der Waals surface area contributed by atoms with Crippen molar-refractivity contribution in [2.75, 3.05) is 11.9 Å². The molecule has 1 heterocycles. The molecule has 3 aromatic rings. The fourth-order valence-electron chi connectivity index (χ4n) is 3.97. The molecule has 0 N–H and O–H groups in total. The predicted octanol–water partition coefficient (Wildman–Crippen LogP) is 5.59. The molecule has 0 fully saturated rings. The van der Waals surface area contributed by atoms with Crippen molar-refractivity contribution in [3.63, 3.8) is 0 Å². The number of benzene rings is 3. The second-order valence-corrected chi connectivity index (χ2v) is 6.25. The largest absolute Gasteiger partial charge is 0.367 e. The highest BCUT2D eigenvalue weighted by Gasteiger charge is 2.29. The van der Waals surface area contributed by atoms with Crippen LogP contribution < -0.4 is 4.90 Å². The standard InChI is InChI=1S/C20H21N/c1-4-7-17-16-11-10-13(2)19-15-9-6-5-8-14(15)12-18(20(16)19)21(17)3/h5-6,8-12,17H,4,7H2,1-3H3. The fourth-order valence-corrected chi connectivity index (χ4v) is 3.97. The van der Waals surface area contributed by atoms with E-state index in [0.29, 0.717) is 6.04 Å². The highest BCUT2D eigenvalue weighted by Crippen LogP contribution is 2.48. The molecule has 0 saturated heterocycles. The summed E-state index contributed by atoms with van der Waals surface area (Å²) >= 11 is 0. The minimum absolute atomic E-state index is 0.532. The maximum atomic E-state index is 2.48. The zero-order valence-corrected chi connectivity index (χ0v) is 13.0. The SMILES string of the molecule is CCCC1c2ccc(C)c3c2c(cc2ccccc23)N1C. The van der Waals surface area contributed by atoms with E-state index in [4.69, 9.17) is 0 Å². The van der Waals surface area contributed by atoms with Gasteiger partial charge >= 0.3 is 0 Å². The third-order valence-corrected chi connectivity index (χ3v) is 4.99. The summed E-state index contributed by atoms with van der Waals surface area (Å²) in [6.07, 6.45) is 2.44.